The van der Waals surface area contributed by atoms with Gasteiger partial charge in [-0.15, -0.1) is 0 Å². The zero-order valence-electron chi connectivity index (χ0n) is 8.27. The highest BCUT2D eigenvalue weighted by molar-refractivity contribution is 7.80. The molecule has 0 bridgehead atoms. The third-order valence-corrected chi connectivity index (χ3v) is 2.04. The van der Waals surface area contributed by atoms with Gasteiger partial charge >= 0.3 is 0 Å². The van der Waals surface area contributed by atoms with E-state index in [0.29, 0.717) is 0 Å². The van der Waals surface area contributed by atoms with Gasteiger partial charge in [-0.2, -0.15) is 0 Å². The van der Waals surface area contributed by atoms with E-state index in [1.165, 1.54) is 19.3 Å². The van der Waals surface area contributed by atoms with E-state index in [-0.39, 0.29) is 0 Å². The predicted octanol–water partition coefficient (Wildman–Crippen LogP) is 3.71. The van der Waals surface area contributed by atoms with Crippen LogP contribution >= 0.6 is 12.2 Å². The molecule has 0 aromatic rings. The van der Waals surface area contributed by atoms with E-state index in [1.54, 1.807) is 0 Å². The largest absolute Gasteiger partial charge is 0.487 e. The molecule has 0 spiro atoms. The molecule has 0 heterocycles. The molecule has 0 aliphatic heterocycles. The number of unbranched alkanes of at least 4 members (excludes halogenated alkanes) is 3. The first-order chi connectivity index (χ1) is 5.81. The van der Waals surface area contributed by atoms with Gasteiger partial charge in [-0.3, -0.25) is 0 Å². The molecule has 0 aromatic heterocycles. The summed E-state index contributed by atoms with van der Waals surface area (Å²) in [7, 11) is 0. The molecule has 0 N–H and O–H groups in total. The van der Waals surface area contributed by atoms with Gasteiger partial charge in [-0.1, -0.05) is 33.1 Å². The fourth-order valence-electron chi connectivity index (χ4n) is 0.991. The molecule has 0 aromatic carbocycles. The summed E-state index contributed by atoms with van der Waals surface area (Å²) in [6, 6.07) is 0. The number of rotatable bonds is 7. The van der Waals surface area contributed by atoms with Crippen LogP contribution in [0.15, 0.2) is 0 Å². The van der Waals surface area contributed by atoms with Gasteiger partial charge < -0.3 is 4.74 Å². The number of thiocarbonyl (C=S) groups is 1. The third-order valence-electron chi connectivity index (χ3n) is 1.72. The lowest BCUT2D eigenvalue weighted by Gasteiger charge is -2.05. The van der Waals surface area contributed by atoms with Gasteiger partial charge in [-0.05, 0) is 25.1 Å². The van der Waals surface area contributed by atoms with Crippen LogP contribution in [-0.2, 0) is 4.74 Å². The Bertz CT molecular complexity index is 112. The van der Waals surface area contributed by atoms with Crippen LogP contribution in [0.1, 0.15) is 52.4 Å². The van der Waals surface area contributed by atoms with Crippen molar-refractivity contribution in [2.45, 2.75) is 52.4 Å². The minimum absolute atomic E-state index is 0.786. The van der Waals surface area contributed by atoms with Crippen molar-refractivity contribution >= 4 is 17.3 Å². The van der Waals surface area contributed by atoms with E-state index < -0.39 is 0 Å². The van der Waals surface area contributed by atoms with Crippen LogP contribution in [-0.4, -0.2) is 11.7 Å². The highest BCUT2D eigenvalue weighted by Crippen LogP contribution is 2.01. The molecule has 0 radical (unpaired) electrons. The Labute approximate surface area is 81.5 Å². The van der Waals surface area contributed by atoms with Crippen molar-refractivity contribution in [2.75, 3.05) is 6.61 Å². The van der Waals surface area contributed by atoms with Crippen molar-refractivity contribution in [1.29, 1.82) is 0 Å². The van der Waals surface area contributed by atoms with Gasteiger partial charge in [0.05, 0.1) is 6.61 Å². The zero-order valence-corrected chi connectivity index (χ0v) is 9.08. The monoisotopic (exact) mass is 188 g/mol. The summed E-state index contributed by atoms with van der Waals surface area (Å²) in [5.41, 5.74) is 0. The van der Waals surface area contributed by atoms with E-state index in [4.69, 9.17) is 17.0 Å². The minimum Gasteiger partial charge on any atom is -0.487 e. The topological polar surface area (TPSA) is 9.23 Å². The van der Waals surface area contributed by atoms with Gasteiger partial charge in [0.1, 0.15) is 0 Å². The lowest BCUT2D eigenvalue weighted by molar-refractivity contribution is 0.292. The Morgan fingerprint density at radius 1 is 1.08 bits per heavy atom. The van der Waals surface area contributed by atoms with Crippen LogP contribution in [0.25, 0.3) is 0 Å². The first kappa shape index (κ1) is 11.9. The van der Waals surface area contributed by atoms with Crippen molar-refractivity contribution in [3.05, 3.63) is 0 Å². The van der Waals surface area contributed by atoms with Crippen molar-refractivity contribution in [3.63, 3.8) is 0 Å². The summed E-state index contributed by atoms with van der Waals surface area (Å²) in [4.78, 5) is 0. The molecule has 0 atom stereocenters. The Morgan fingerprint density at radius 2 is 1.83 bits per heavy atom. The van der Waals surface area contributed by atoms with Crippen molar-refractivity contribution in [3.8, 4) is 0 Å². The lowest BCUT2D eigenvalue weighted by Crippen LogP contribution is -2.02. The zero-order chi connectivity index (χ0) is 9.23. The van der Waals surface area contributed by atoms with E-state index in [2.05, 4.69) is 13.8 Å². The van der Waals surface area contributed by atoms with E-state index in [1.807, 2.05) is 0 Å². The second kappa shape index (κ2) is 8.98. The number of ether oxygens (including phenoxy) is 1. The summed E-state index contributed by atoms with van der Waals surface area (Å²) < 4.78 is 5.36. The SMILES string of the molecule is CCCCCCOC(=S)CCC. The third kappa shape index (κ3) is 7.99. The maximum Gasteiger partial charge on any atom is 0.159 e. The quantitative estimate of drug-likeness (QED) is 0.445. The van der Waals surface area contributed by atoms with Gasteiger partial charge in [0, 0.05) is 6.42 Å². The Kier molecular flexibility index (Phi) is 8.90. The standard InChI is InChI=1S/C10H20OS/c1-3-5-6-7-9-11-10(12)8-4-2/h3-9H2,1-2H3. The summed E-state index contributed by atoms with van der Waals surface area (Å²) >= 11 is 5.01. The maximum atomic E-state index is 5.36. The van der Waals surface area contributed by atoms with Gasteiger partial charge in [0.15, 0.2) is 5.05 Å². The van der Waals surface area contributed by atoms with Crippen LogP contribution in [0.2, 0.25) is 0 Å². The molecule has 0 aliphatic rings. The minimum atomic E-state index is 0.786. The van der Waals surface area contributed by atoms with Crippen LogP contribution in [0.5, 0.6) is 0 Å². The summed E-state index contributed by atoms with van der Waals surface area (Å²) in [6.07, 6.45) is 7.03. The van der Waals surface area contributed by atoms with Crippen LogP contribution in [0.4, 0.5) is 0 Å². The fraction of sp³-hybridized carbons (Fsp3) is 0.900. The van der Waals surface area contributed by atoms with E-state index in [9.17, 15) is 0 Å². The Balaban J connectivity index is 3.03. The molecule has 12 heavy (non-hydrogen) atoms. The second-order valence-electron chi connectivity index (χ2n) is 3.03. The maximum absolute atomic E-state index is 5.36. The van der Waals surface area contributed by atoms with Gasteiger partial charge in [-0.25, -0.2) is 0 Å². The molecular weight excluding hydrogens is 168 g/mol. The Morgan fingerprint density at radius 3 is 2.42 bits per heavy atom. The molecule has 0 rings (SSSR count). The fourth-order valence-corrected chi connectivity index (χ4v) is 1.28. The molecule has 0 saturated heterocycles. The van der Waals surface area contributed by atoms with Gasteiger partial charge in [0.2, 0.25) is 0 Å². The molecule has 0 saturated carbocycles. The smallest absolute Gasteiger partial charge is 0.159 e. The second-order valence-corrected chi connectivity index (χ2v) is 3.49. The van der Waals surface area contributed by atoms with Crippen LogP contribution in [0.3, 0.4) is 0 Å². The normalized spacial score (nSPS) is 9.83. The molecule has 72 valence electrons. The molecule has 2 heteroatoms. The average Bonchev–Trinajstić information content (AvgIpc) is 2.05. The van der Waals surface area contributed by atoms with E-state index in [0.717, 1.165) is 30.9 Å². The number of hydrogen-bond donors (Lipinski definition) is 0. The van der Waals surface area contributed by atoms with E-state index >= 15 is 0 Å². The summed E-state index contributed by atoms with van der Waals surface area (Å²) in [5, 5.41) is 0.786. The first-order valence-corrected chi connectivity index (χ1v) is 5.37. The molecule has 0 fully saturated rings. The Hall–Kier alpha value is -0.110. The molecule has 0 aliphatic carbocycles. The molecule has 0 amide bonds. The average molecular weight is 188 g/mol. The van der Waals surface area contributed by atoms with Crippen molar-refractivity contribution in [1.82, 2.24) is 0 Å². The molecule has 0 unspecified atom stereocenters. The van der Waals surface area contributed by atoms with Crippen molar-refractivity contribution in [2.24, 2.45) is 0 Å². The molecular formula is C10H20OS. The first-order valence-electron chi connectivity index (χ1n) is 4.96. The van der Waals surface area contributed by atoms with Crippen LogP contribution < -0.4 is 0 Å². The lowest BCUT2D eigenvalue weighted by atomic mass is 10.2. The summed E-state index contributed by atoms with van der Waals surface area (Å²) in [6.45, 7) is 5.15. The predicted molar refractivity (Wildman–Crippen MR) is 57.6 cm³/mol. The molecule has 1 nitrogen and oxygen atoms in total. The highest BCUT2D eigenvalue weighted by atomic mass is 32.1. The van der Waals surface area contributed by atoms with Crippen molar-refractivity contribution < 1.29 is 4.74 Å². The summed E-state index contributed by atoms with van der Waals surface area (Å²) in [5.74, 6) is 0. The van der Waals surface area contributed by atoms with Gasteiger partial charge in [0.25, 0.3) is 0 Å². The highest BCUT2D eigenvalue weighted by Gasteiger charge is 1.94. The van der Waals surface area contributed by atoms with Crippen LogP contribution in [0, 0.1) is 0 Å². The number of hydrogen-bond acceptors (Lipinski definition) is 2.